The Morgan fingerprint density at radius 1 is 0.944 bits per heavy atom. The first-order valence-corrected chi connectivity index (χ1v) is 19.0. The molecule has 0 saturated carbocycles. The van der Waals surface area contributed by atoms with E-state index in [1.807, 2.05) is 44.2 Å². The second-order valence-corrected chi connectivity index (χ2v) is 14.7. The molecule has 8 bridgehead atoms. The third-order valence-electron chi connectivity index (χ3n) is 11.5. The van der Waals surface area contributed by atoms with Crippen molar-refractivity contribution in [2.24, 2.45) is 17.8 Å². The van der Waals surface area contributed by atoms with Gasteiger partial charge < -0.3 is 34.8 Å². The van der Waals surface area contributed by atoms with Crippen molar-refractivity contribution < 1.29 is 24.2 Å². The van der Waals surface area contributed by atoms with Crippen LogP contribution in [0.4, 0.5) is 0 Å². The van der Waals surface area contributed by atoms with E-state index in [-0.39, 0.29) is 59.6 Å². The molecule has 1 unspecified atom stereocenters. The minimum absolute atomic E-state index is 0. The average Bonchev–Trinajstić information content (AvgIpc) is 3.87. The predicted molar refractivity (Wildman–Crippen MR) is 215 cm³/mol. The molecule has 1 saturated heterocycles. The number of fused-ring (bicyclic) bond motifs is 8. The summed E-state index contributed by atoms with van der Waals surface area (Å²) in [5.74, 6) is -2.33. The summed E-state index contributed by atoms with van der Waals surface area (Å²) in [5, 5.41) is 19.8. The second-order valence-electron chi connectivity index (χ2n) is 14.7. The molecule has 6 rings (SSSR count). The van der Waals surface area contributed by atoms with Crippen LogP contribution in [0.1, 0.15) is 111 Å². The van der Waals surface area contributed by atoms with Gasteiger partial charge in [-0.05, 0) is 76.9 Å². The Kier molecular flexibility index (Phi) is 13.0. The molecule has 3 aromatic heterocycles. The fourth-order valence-corrected chi connectivity index (χ4v) is 8.30. The van der Waals surface area contributed by atoms with E-state index in [2.05, 4.69) is 41.2 Å². The number of nitrogens with zero attached hydrogens (tertiary/aromatic N) is 4. The van der Waals surface area contributed by atoms with Crippen LogP contribution in [0.5, 0.6) is 0 Å². The third kappa shape index (κ3) is 7.56. The van der Waals surface area contributed by atoms with Gasteiger partial charge in [0.05, 0.1) is 7.11 Å². The van der Waals surface area contributed by atoms with E-state index in [1.54, 1.807) is 0 Å². The van der Waals surface area contributed by atoms with E-state index < -0.39 is 17.9 Å². The van der Waals surface area contributed by atoms with Gasteiger partial charge in [-0.1, -0.05) is 104 Å². The van der Waals surface area contributed by atoms with Crippen LogP contribution in [0.2, 0.25) is 0 Å². The molecule has 0 amide bonds. The molecule has 54 heavy (non-hydrogen) atoms. The molecule has 5 heterocycles. The second kappa shape index (κ2) is 17.1. The Bertz CT molecular complexity index is 2270. The van der Waals surface area contributed by atoms with Crippen molar-refractivity contribution in [2.45, 2.75) is 99.5 Å². The molecule has 0 radical (unpaired) electrons. The molecule has 2 aliphatic heterocycles. The number of esters is 2. The largest absolute Gasteiger partial charge is 2.00 e. The Hall–Kier alpha value is -4.15. The Labute approximate surface area is 334 Å². The number of hydrogen-bond acceptors (Lipinski definition) is 5. The maximum Gasteiger partial charge on any atom is 2.00 e. The van der Waals surface area contributed by atoms with E-state index in [0.29, 0.717) is 28.3 Å². The molecule has 10 heteroatoms. The van der Waals surface area contributed by atoms with Crippen molar-refractivity contribution in [2.75, 3.05) is 13.7 Å². The maximum atomic E-state index is 13.5. The third-order valence-corrected chi connectivity index (χ3v) is 11.5. The van der Waals surface area contributed by atoms with Gasteiger partial charge in [0.25, 0.3) is 0 Å². The van der Waals surface area contributed by atoms with Gasteiger partial charge in [-0.15, -0.1) is 33.1 Å². The summed E-state index contributed by atoms with van der Waals surface area (Å²) in [4.78, 5) is 41.9. The smallest absolute Gasteiger partial charge is 0.681 e. The van der Waals surface area contributed by atoms with E-state index in [1.165, 1.54) is 19.1 Å². The minimum atomic E-state index is -1.07. The Balaban J connectivity index is 0.00000561. The van der Waals surface area contributed by atoms with Crippen LogP contribution in [0.15, 0.2) is 23.9 Å². The van der Waals surface area contributed by atoms with Gasteiger partial charge in [0.1, 0.15) is 18.3 Å². The van der Waals surface area contributed by atoms with Crippen LogP contribution in [0.3, 0.4) is 0 Å². The molecular weight excluding hydrogens is 689 g/mol. The number of ether oxygens (including phenoxy) is 2. The summed E-state index contributed by atoms with van der Waals surface area (Å²) in [6.45, 7) is 18.8. The van der Waals surface area contributed by atoms with Crippen molar-refractivity contribution in [3.63, 3.8) is 0 Å². The quantitative estimate of drug-likeness (QED) is 0.122. The van der Waals surface area contributed by atoms with E-state index in [0.717, 1.165) is 81.3 Å². The van der Waals surface area contributed by atoms with Gasteiger partial charge in [0.15, 0.2) is 0 Å². The molecule has 282 valence electrons. The minimum Gasteiger partial charge on any atom is -0.681 e. The fourth-order valence-electron chi connectivity index (χ4n) is 8.30. The maximum absolute atomic E-state index is 13.5. The topological polar surface area (TPSA) is 129 Å². The summed E-state index contributed by atoms with van der Waals surface area (Å²) in [6, 6.07) is -0.565. The number of rotatable bonds is 12. The molecule has 1 N–H and O–H groups in total. The molecular formula is C44H52MgN4O5-2. The molecule has 3 aliphatic rings. The number of aliphatic hydroxyl groups excluding tert-OH is 1. The standard InChI is InChI=1S/C44H52N4O5.Mg/c1-10-13-14-15-23(4)18-19-53-37(49)17-16-30-26(7)33-20-31-24(5)28(11-2)35(45-31)21-32-25(6)29(12-3)36(46-32)22-34-27(8)38-42(48-34)39(41(30)47-33)40(43(38)50)44(51)52-9;/h11,18,20-22,26,30,40-41,50H,2,10,12-17,19H2,1,3-9H3;/q-4;+2/b23-18+,32-21-,33-20-,36-22-;/t26-,30-,40+,41?;/m0./s1. The Morgan fingerprint density at radius 2 is 1.67 bits per heavy atom. The van der Waals surface area contributed by atoms with Gasteiger partial charge in [-0.25, -0.2) is 0 Å². The summed E-state index contributed by atoms with van der Waals surface area (Å²) >= 11 is 0. The molecule has 9 nitrogen and oxygen atoms in total. The molecule has 0 aromatic carbocycles. The zero-order chi connectivity index (χ0) is 38.1. The first-order chi connectivity index (χ1) is 25.4. The zero-order valence-electron chi connectivity index (χ0n) is 33.1. The van der Waals surface area contributed by atoms with Crippen LogP contribution in [0.25, 0.3) is 41.0 Å². The fraction of sp³-hybridized carbons (Fsp3) is 0.455. The summed E-state index contributed by atoms with van der Waals surface area (Å²) in [6.07, 6.45) is 15.7. The monoisotopic (exact) mass is 740 g/mol. The molecule has 1 fully saturated rings. The SMILES string of the molecule is C=Cc1c2[n-]c(c1C)/C=C1\[N-]C(C3=c4[n-]c(c(C)c4=C(O)[C@@H]3C(=O)OC)/C=c3\[n-]/c(c(C)c3CC)=C\2)[C@@H](CCC(=O)OC/C=C(\C)CCCCC)[C@@H]1C.[Mg+2]. The number of methoxy groups -OCH3 is 1. The number of hydrogen-bond donors (Lipinski definition) is 1. The molecule has 0 spiro atoms. The van der Waals surface area contributed by atoms with Crippen molar-refractivity contribution in [1.82, 2.24) is 15.0 Å². The van der Waals surface area contributed by atoms with Crippen LogP contribution in [0, 0.1) is 38.5 Å². The number of carbonyl (C=O) groups is 2. The molecule has 4 atom stereocenters. The summed E-state index contributed by atoms with van der Waals surface area (Å²) in [5.41, 5.74) is 9.69. The normalized spacial score (nSPS) is 22.3. The average molecular weight is 741 g/mol. The van der Waals surface area contributed by atoms with Crippen LogP contribution in [-0.4, -0.2) is 59.9 Å². The van der Waals surface area contributed by atoms with Gasteiger partial charge in [-0.3, -0.25) is 9.59 Å². The predicted octanol–water partition coefficient (Wildman–Crippen LogP) is 4.80. The van der Waals surface area contributed by atoms with E-state index in [9.17, 15) is 14.7 Å². The van der Waals surface area contributed by atoms with Crippen molar-refractivity contribution in [3.8, 4) is 0 Å². The van der Waals surface area contributed by atoms with Crippen LogP contribution < -0.4 is 36.2 Å². The van der Waals surface area contributed by atoms with Gasteiger partial charge >= 0.3 is 35.0 Å². The van der Waals surface area contributed by atoms with Crippen molar-refractivity contribution >= 4 is 70.6 Å². The first-order valence-electron chi connectivity index (χ1n) is 19.0. The first kappa shape index (κ1) is 41.0. The molecule has 3 aromatic rings. The number of aliphatic hydroxyl groups is 1. The number of allylic oxidation sites excluding steroid dienone is 2. The number of unbranched alkanes of at least 4 members (excludes halogenated alkanes) is 2. The zero-order valence-corrected chi connectivity index (χ0v) is 34.6. The van der Waals surface area contributed by atoms with Crippen molar-refractivity contribution in [3.05, 3.63) is 95.4 Å². The van der Waals surface area contributed by atoms with E-state index in [4.69, 9.17) is 29.7 Å². The summed E-state index contributed by atoms with van der Waals surface area (Å²) < 4.78 is 10.9. The van der Waals surface area contributed by atoms with Crippen LogP contribution >= 0.6 is 0 Å². The van der Waals surface area contributed by atoms with Crippen LogP contribution in [-0.2, 0) is 25.5 Å². The van der Waals surface area contributed by atoms with Gasteiger partial charge in [0.2, 0.25) is 0 Å². The number of aromatic nitrogens is 3. The summed E-state index contributed by atoms with van der Waals surface area (Å²) in [7, 11) is 1.32. The van der Waals surface area contributed by atoms with Gasteiger partial charge in [-0.2, -0.15) is 5.70 Å². The van der Waals surface area contributed by atoms with E-state index >= 15 is 0 Å². The molecule has 1 aliphatic carbocycles. The number of carbonyl (C=O) groups excluding carboxylic acids is 2. The Morgan fingerprint density at radius 3 is 2.35 bits per heavy atom. The van der Waals surface area contributed by atoms with Gasteiger partial charge in [0, 0.05) is 11.6 Å². The van der Waals surface area contributed by atoms with Crippen molar-refractivity contribution in [1.29, 1.82) is 0 Å².